The predicted octanol–water partition coefficient (Wildman–Crippen LogP) is 6.06. The highest BCUT2D eigenvalue weighted by Crippen LogP contribution is 2.30. The number of halogens is 1. The molecule has 0 amide bonds. The molecule has 5 heteroatoms. The van der Waals surface area contributed by atoms with Crippen LogP contribution in [0.5, 0.6) is 0 Å². The normalized spacial score (nSPS) is 10.9. The number of aromatic nitrogens is 2. The minimum atomic E-state index is 0.726. The molecular weight excluding hydrogens is 338 g/mol. The SMILES string of the molecule is Cc1ccc(Nc2nc(-c3cccs3)nc3ccccc23)cc1Cl. The van der Waals surface area contributed by atoms with Crippen LogP contribution in [0.25, 0.3) is 21.6 Å². The number of nitrogens with zero attached hydrogens (tertiary/aromatic N) is 2. The fourth-order valence-electron chi connectivity index (χ4n) is 2.50. The Bertz CT molecular complexity index is 1010. The molecule has 0 radical (unpaired) electrons. The summed E-state index contributed by atoms with van der Waals surface area (Å²) in [7, 11) is 0. The zero-order chi connectivity index (χ0) is 16.5. The van der Waals surface area contributed by atoms with Gasteiger partial charge in [0, 0.05) is 16.1 Å². The van der Waals surface area contributed by atoms with Crippen molar-refractivity contribution >= 4 is 45.3 Å². The summed E-state index contributed by atoms with van der Waals surface area (Å²) in [6.07, 6.45) is 0. The number of para-hydroxylation sites is 1. The second-order valence-corrected chi connectivity index (χ2v) is 6.83. The highest BCUT2D eigenvalue weighted by Gasteiger charge is 2.10. The lowest BCUT2D eigenvalue weighted by atomic mass is 10.2. The number of nitrogens with one attached hydrogen (secondary N) is 1. The summed E-state index contributed by atoms with van der Waals surface area (Å²) >= 11 is 7.87. The third-order valence-electron chi connectivity index (χ3n) is 3.78. The maximum absolute atomic E-state index is 6.24. The first kappa shape index (κ1) is 15.1. The Balaban J connectivity index is 1.85. The smallest absolute Gasteiger partial charge is 0.172 e. The fraction of sp³-hybridized carbons (Fsp3) is 0.0526. The molecule has 0 bridgehead atoms. The van der Waals surface area contributed by atoms with Gasteiger partial charge in [0.2, 0.25) is 0 Å². The zero-order valence-electron chi connectivity index (χ0n) is 13.0. The van der Waals surface area contributed by atoms with Crippen molar-refractivity contribution in [3.8, 4) is 10.7 Å². The van der Waals surface area contributed by atoms with Crippen molar-refractivity contribution in [2.75, 3.05) is 5.32 Å². The summed E-state index contributed by atoms with van der Waals surface area (Å²) < 4.78 is 0. The van der Waals surface area contributed by atoms with Gasteiger partial charge in [-0.3, -0.25) is 0 Å². The van der Waals surface area contributed by atoms with Crippen LogP contribution in [-0.2, 0) is 0 Å². The van der Waals surface area contributed by atoms with Crippen LogP contribution < -0.4 is 5.32 Å². The number of hydrogen-bond acceptors (Lipinski definition) is 4. The summed E-state index contributed by atoms with van der Waals surface area (Å²) in [5.74, 6) is 1.51. The molecule has 2 heterocycles. The van der Waals surface area contributed by atoms with Crippen LogP contribution in [0.3, 0.4) is 0 Å². The van der Waals surface area contributed by atoms with E-state index < -0.39 is 0 Å². The van der Waals surface area contributed by atoms with E-state index in [4.69, 9.17) is 16.6 Å². The molecule has 4 aromatic rings. The van der Waals surface area contributed by atoms with Crippen LogP contribution in [-0.4, -0.2) is 9.97 Å². The van der Waals surface area contributed by atoms with E-state index in [2.05, 4.69) is 10.3 Å². The van der Waals surface area contributed by atoms with E-state index in [1.54, 1.807) is 11.3 Å². The lowest BCUT2D eigenvalue weighted by molar-refractivity contribution is 1.23. The van der Waals surface area contributed by atoms with Crippen molar-refractivity contribution in [3.63, 3.8) is 0 Å². The van der Waals surface area contributed by atoms with Gasteiger partial charge in [-0.15, -0.1) is 11.3 Å². The van der Waals surface area contributed by atoms with Crippen molar-refractivity contribution in [2.45, 2.75) is 6.92 Å². The van der Waals surface area contributed by atoms with E-state index in [-0.39, 0.29) is 0 Å². The van der Waals surface area contributed by atoms with E-state index in [1.165, 1.54) is 0 Å². The van der Waals surface area contributed by atoms with Gasteiger partial charge in [-0.2, -0.15) is 0 Å². The third-order valence-corrected chi connectivity index (χ3v) is 5.05. The maximum atomic E-state index is 6.24. The zero-order valence-corrected chi connectivity index (χ0v) is 14.5. The molecule has 4 rings (SSSR count). The predicted molar refractivity (Wildman–Crippen MR) is 102 cm³/mol. The Labute approximate surface area is 149 Å². The lowest BCUT2D eigenvalue weighted by Gasteiger charge is -2.11. The van der Waals surface area contributed by atoms with Gasteiger partial charge < -0.3 is 5.32 Å². The largest absolute Gasteiger partial charge is 0.340 e. The number of aryl methyl sites for hydroxylation is 1. The van der Waals surface area contributed by atoms with Gasteiger partial charge in [-0.25, -0.2) is 9.97 Å². The molecular formula is C19H14ClN3S. The van der Waals surface area contributed by atoms with Gasteiger partial charge in [-0.05, 0) is 48.2 Å². The Kier molecular flexibility index (Phi) is 3.92. The quantitative estimate of drug-likeness (QED) is 0.487. The van der Waals surface area contributed by atoms with E-state index in [1.807, 2.05) is 66.9 Å². The van der Waals surface area contributed by atoms with Crippen LogP contribution in [0.4, 0.5) is 11.5 Å². The topological polar surface area (TPSA) is 37.8 Å². The lowest BCUT2D eigenvalue weighted by Crippen LogP contribution is -1.99. The fourth-order valence-corrected chi connectivity index (χ4v) is 3.33. The van der Waals surface area contributed by atoms with Gasteiger partial charge in [0.15, 0.2) is 5.82 Å². The first-order valence-corrected chi connectivity index (χ1v) is 8.80. The van der Waals surface area contributed by atoms with E-state index in [9.17, 15) is 0 Å². The summed E-state index contributed by atoms with van der Waals surface area (Å²) in [5.41, 5.74) is 2.87. The number of thiophene rings is 1. The van der Waals surface area contributed by atoms with Crippen LogP contribution in [0, 0.1) is 6.92 Å². The summed E-state index contributed by atoms with van der Waals surface area (Å²) in [5, 5.41) is 7.13. The summed E-state index contributed by atoms with van der Waals surface area (Å²) in [4.78, 5) is 10.5. The molecule has 0 aliphatic carbocycles. The summed E-state index contributed by atoms with van der Waals surface area (Å²) in [6.45, 7) is 1.99. The summed E-state index contributed by atoms with van der Waals surface area (Å²) in [6, 6.07) is 17.9. The third kappa shape index (κ3) is 2.86. The Hall–Kier alpha value is -2.43. The van der Waals surface area contributed by atoms with E-state index in [0.29, 0.717) is 0 Å². The average Bonchev–Trinajstić information content (AvgIpc) is 3.13. The Morgan fingerprint density at radius 2 is 1.88 bits per heavy atom. The number of benzene rings is 2. The molecule has 0 aliphatic heterocycles. The van der Waals surface area contributed by atoms with Gasteiger partial charge in [0.1, 0.15) is 5.82 Å². The van der Waals surface area contributed by atoms with Crippen LogP contribution >= 0.6 is 22.9 Å². The molecule has 24 heavy (non-hydrogen) atoms. The average molecular weight is 352 g/mol. The first-order chi connectivity index (χ1) is 11.7. The Morgan fingerprint density at radius 1 is 1.00 bits per heavy atom. The molecule has 118 valence electrons. The second-order valence-electron chi connectivity index (χ2n) is 5.48. The van der Waals surface area contributed by atoms with Gasteiger partial charge in [-0.1, -0.05) is 35.9 Å². The number of fused-ring (bicyclic) bond motifs is 1. The molecule has 0 aliphatic rings. The molecule has 1 N–H and O–H groups in total. The Morgan fingerprint density at radius 3 is 2.67 bits per heavy atom. The molecule has 3 nitrogen and oxygen atoms in total. The molecule has 0 spiro atoms. The van der Waals surface area contributed by atoms with Crippen LogP contribution in [0.1, 0.15) is 5.56 Å². The van der Waals surface area contributed by atoms with Gasteiger partial charge in [0.25, 0.3) is 0 Å². The molecule has 2 aromatic heterocycles. The number of rotatable bonds is 3. The van der Waals surface area contributed by atoms with Crippen LogP contribution in [0.15, 0.2) is 60.0 Å². The standard InChI is InChI=1S/C19H14ClN3S/c1-12-8-9-13(11-15(12)20)21-18-14-5-2-3-6-16(14)22-19(23-18)17-7-4-10-24-17/h2-11H,1H3,(H,21,22,23). The van der Waals surface area contributed by atoms with Gasteiger partial charge >= 0.3 is 0 Å². The van der Waals surface area contributed by atoms with E-state index in [0.717, 1.165) is 43.7 Å². The highest BCUT2D eigenvalue weighted by atomic mass is 35.5. The van der Waals surface area contributed by atoms with Crippen molar-refractivity contribution in [2.24, 2.45) is 0 Å². The van der Waals surface area contributed by atoms with E-state index >= 15 is 0 Å². The second kappa shape index (κ2) is 6.23. The van der Waals surface area contributed by atoms with Crippen molar-refractivity contribution in [3.05, 3.63) is 70.6 Å². The highest BCUT2D eigenvalue weighted by molar-refractivity contribution is 7.13. The minimum absolute atomic E-state index is 0.726. The molecule has 0 atom stereocenters. The van der Waals surface area contributed by atoms with Gasteiger partial charge in [0.05, 0.1) is 10.4 Å². The van der Waals surface area contributed by atoms with Crippen molar-refractivity contribution in [1.82, 2.24) is 9.97 Å². The number of hydrogen-bond donors (Lipinski definition) is 1. The maximum Gasteiger partial charge on any atom is 0.172 e. The van der Waals surface area contributed by atoms with Crippen LogP contribution in [0.2, 0.25) is 5.02 Å². The first-order valence-electron chi connectivity index (χ1n) is 7.54. The minimum Gasteiger partial charge on any atom is -0.340 e. The monoisotopic (exact) mass is 351 g/mol. The molecule has 0 unspecified atom stereocenters. The number of anilines is 2. The molecule has 0 saturated carbocycles. The molecule has 0 saturated heterocycles. The van der Waals surface area contributed by atoms with Crippen molar-refractivity contribution < 1.29 is 0 Å². The molecule has 2 aromatic carbocycles. The van der Waals surface area contributed by atoms with Crippen molar-refractivity contribution in [1.29, 1.82) is 0 Å². The molecule has 0 fully saturated rings.